The van der Waals surface area contributed by atoms with Gasteiger partial charge in [-0.05, 0) is 39.5 Å². The van der Waals surface area contributed by atoms with Crippen molar-refractivity contribution in [3.63, 3.8) is 0 Å². The molecule has 0 bridgehead atoms. The Labute approximate surface area is 106 Å². The molecule has 1 fully saturated rings. The van der Waals surface area contributed by atoms with Gasteiger partial charge in [0, 0.05) is 11.6 Å². The number of rotatable bonds is 3. The van der Waals surface area contributed by atoms with Crippen LogP contribution in [0.25, 0.3) is 0 Å². The highest BCUT2D eigenvalue weighted by atomic mass is 16.2. The molecule has 0 saturated heterocycles. The quantitative estimate of drug-likeness (QED) is 0.744. The van der Waals surface area contributed by atoms with Crippen LogP contribution in [-0.4, -0.2) is 24.0 Å². The number of nitrogens with one attached hydrogen (secondary N) is 2. The Hall–Kier alpha value is -0.570. The van der Waals surface area contributed by atoms with Crippen LogP contribution in [0, 0.1) is 5.92 Å². The van der Waals surface area contributed by atoms with Crippen LogP contribution >= 0.6 is 0 Å². The van der Waals surface area contributed by atoms with Crippen molar-refractivity contribution < 1.29 is 4.79 Å². The zero-order chi connectivity index (χ0) is 12.9. The van der Waals surface area contributed by atoms with Crippen molar-refractivity contribution in [1.82, 2.24) is 10.6 Å². The number of carbonyl (C=O) groups is 1. The van der Waals surface area contributed by atoms with Crippen LogP contribution in [0.5, 0.6) is 0 Å². The lowest BCUT2D eigenvalue weighted by Gasteiger charge is -2.25. The van der Waals surface area contributed by atoms with Gasteiger partial charge in [-0.3, -0.25) is 4.79 Å². The van der Waals surface area contributed by atoms with Gasteiger partial charge in [0.15, 0.2) is 0 Å². The van der Waals surface area contributed by atoms with E-state index >= 15 is 0 Å². The van der Waals surface area contributed by atoms with Crippen molar-refractivity contribution in [2.75, 3.05) is 6.54 Å². The molecule has 1 amide bonds. The second kappa shape index (κ2) is 6.39. The molecule has 0 aromatic heterocycles. The van der Waals surface area contributed by atoms with E-state index in [1.54, 1.807) is 0 Å². The molecule has 3 heteroatoms. The fourth-order valence-corrected chi connectivity index (χ4v) is 2.31. The van der Waals surface area contributed by atoms with Gasteiger partial charge in [0.1, 0.15) is 0 Å². The van der Waals surface area contributed by atoms with Gasteiger partial charge in [-0.25, -0.2) is 0 Å². The van der Waals surface area contributed by atoms with Crippen LogP contribution in [0.2, 0.25) is 0 Å². The molecule has 100 valence electrons. The predicted octanol–water partition coefficient (Wildman–Crippen LogP) is 2.46. The second-order valence-electron chi connectivity index (χ2n) is 6.39. The Morgan fingerprint density at radius 3 is 2.47 bits per heavy atom. The zero-order valence-corrected chi connectivity index (χ0v) is 11.8. The van der Waals surface area contributed by atoms with Gasteiger partial charge in [-0.15, -0.1) is 0 Å². The number of hydrogen-bond donors (Lipinski definition) is 2. The molecule has 2 N–H and O–H groups in total. The predicted molar refractivity (Wildman–Crippen MR) is 71.9 cm³/mol. The Balaban J connectivity index is 2.33. The molecule has 0 heterocycles. The summed E-state index contributed by atoms with van der Waals surface area (Å²) in [7, 11) is 0. The summed E-state index contributed by atoms with van der Waals surface area (Å²) in [5.41, 5.74) is 0.00636. The molecule has 0 radical (unpaired) electrons. The van der Waals surface area contributed by atoms with Gasteiger partial charge in [-0.2, -0.15) is 0 Å². The third-order valence-corrected chi connectivity index (χ3v) is 3.49. The molecule has 3 nitrogen and oxygen atoms in total. The molecule has 0 spiro atoms. The smallest absolute Gasteiger partial charge is 0.234 e. The first-order valence-electron chi connectivity index (χ1n) is 6.93. The topological polar surface area (TPSA) is 41.1 Å². The van der Waals surface area contributed by atoms with Crippen molar-refractivity contribution in [3.8, 4) is 0 Å². The van der Waals surface area contributed by atoms with Crippen LogP contribution in [0.1, 0.15) is 59.8 Å². The van der Waals surface area contributed by atoms with E-state index in [0.29, 0.717) is 18.5 Å². The van der Waals surface area contributed by atoms with Crippen LogP contribution in [-0.2, 0) is 4.79 Å². The van der Waals surface area contributed by atoms with Crippen LogP contribution < -0.4 is 10.6 Å². The van der Waals surface area contributed by atoms with Gasteiger partial charge < -0.3 is 10.6 Å². The molecule has 0 aliphatic heterocycles. The summed E-state index contributed by atoms with van der Waals surface area (Å²) in [4.78, 5) is 11.8. The minimum Gasteiger partial charge on any atom is -0.352 e. The summed E-state index contributed by atoms with van der Waals surface area (Å²) in [6, 6.07) is 0.381. The third kappa shape index (κ3) is 6.06. The number of amides is 1. The first-order chi connectivity index (χ1) is 7.88. The molecule has 17 heavy (non-hydrogen) atoms. The highest BCUT2D eigenvalue weighted by molar-refractivity contribution is 5.78. The number of carbonyl (C=O) groups excluding carboxylic acids is 1. The molecule has 2 atom stereocenters. The van der Waals surface area contributed by atoms with Gasteiger partial charge in [-0.1, -0.05) is 26.2 Å². The Morgan fingerprint density at radius 2 is 1.82 bits per heavy atom. The van der Waals surface area contributed by atoms with E-state index in [4.69, 9.17) is 0 Å². The lowest BCUT2D eigenvalue weighted by atomic mass is 9.97. The Kier molecular flexibility index (Phi) is 5.44. The van der Waals surface area contributed by atoms with E-state index in [-0.39, 0.29) is 11.4 Å². The first-order valence-corrected chi connectivity index (χ1v) is 6.93. The molecular formula is C14H28N2O. The summed E-state index contributed by atoms with van der Waals surface area (Å²) in [6.45, 7) is 8.91. The molecule has 1 rings (SSSR count). The molecule has 2 unspecified atom stereocenters. The fourth-order valence-electron chi connectivity index (χ4n) is 2.31. The normalized spacial score (nSPS) is 26.4. The second-order valence-corrected chi connectivity index (χ2v) is 6.39. The van der Waals surface area contributed by atoms with Crippen molar-refractivity contribution in [3.05, 3.63) is 0 Å². The summed E-state index contributed by atoms with van der Waals surface area (Å²) < 4.78 is 0. The average Bonchev–Trinajstić information content (AvgIpc) is 2.41. The lowest BCUT2D eigenvalue weighted by molar-refractivity contribution is -0.121. The maximum absolute atomic E-state index is 11.8. The summed E-state index contributed by atoms with van der Waals surface area (Å²) in [5.74, 6) is 0.759. The molecule has 0 aromatic rings. The summed E-state index contributed by atoms with van der Waals surface area (Å²) >= 11 is 0. The highest BCUT2D eigenvalue weighted by Gasteiger charge is 2.21. The lowest BCUT2D eigenvalue weighted by Crippen LogP contribution is -2.47. The van der Waals surface area contributed by atoms with Crippen LogP contribution in [0.3, 0.4) is 0 Å². The number of hydrogen-bond acceptors (Lipinski definition) is 2. The van der Waals surface area contributed by atoms with E-state index in [9.17, 15) is 4.79 Å². The largest absolute Gasteiger partial charge is 0.352 e. The first kappa shape index (κ1) is 14.5. The average molecular weight is 240 g/mol. The monoisotopic (exact) mass is 240 g/mol. The van der Waals surface area contributed by atoms with E-state index in [1.165, 1.54) is 25.7 Å². The molecule has 1 aliphatic carbocycles. The maximum atomic E-state index is 11.8. The van der Waals surface area contributed by atoms with Crippen LogP contribution in [0.4, 0.5) is 0 Å². The van der Waals surface area contributed by atoms with Crippen molar-refractivity contribution in [2.24, 2.45) is 5.92 Å². The SMILES string of the molecule is CC1CCCCCC1NC(=O)CNC(C)(C)C. The maximum Gasteiger partial charge on any atom is 0.234 e. The molecular weight excluding hydrogens is 212 g/mol. The fraction of sp³-hybridized carbons (Fsp3) is 0.929. The van der Waals surface area contributed by atoms with E-state index in [0.717, 1.165) is 6.42 Å². The summed E-state index contributed by atoms with van der Waals surface area (Å²) in [6.07, 6.45) is 6.27. The van der Waals surface area contributed by atoms with Gasteiger partial charge in [0.2, 0.25) is 5.91 Å². The van der Waals surface area contributed by atoms with E-state index < -0.39 is 0 Å². The zero-order valence-electron chi connectivity index (χ0n) is 11.8. The van der Waals surface area contributed by atoms with Gasteiger partial charge in [0.25, 0.3) is 0 Å². The molecule has 0 aromatic carbocycles. The minimum absolute atomic E-state index is 0.00636. The van der Waals surface area contributed by atoms with Crippen LogP contribution in [0.15, 0.2) is 0 Å². The van der Waals surface area contributed by atoms with Gasteiger partial charge in [0.05, 0.1) is 6.54 Å². The van der Waals surface area contributed by atoms with Crippen molar-refractivity contribution in [1.29, 1.82) is 0 Å². The summed E-state index contributed by atoms with van der Waals surface area (Å²) in [5, 5.41) is 6.41. The Morgan fingerprint density at radius 1 is 1.18 bits per heavy atom. The highest BCUT2D eigenvalue weighted by Crippen LogP contribution is 2.22. The Bertz CT molecular complexity index is 245. The minimum atomic E-state index is 0.00636. The standard InChI is InChI=1S/C14H28N2O/c1-11-8-6-5-7-9-12(11)16-13(17)10-15-14(2,3)4/h11-12,15H,5-10H2,1-4H3,(H,16,17). The van der Waals surface area contributed by atoms with E-state index in [1.807, 2.05) is 0 Å². The van der Waals surface area contributed by atoms with Crippen molar-refractivity contribution in [2.45, 2.75) is 71.4 Å². The van der Waals surface area contributed by atoms with Crippen molar-refractivity contribution >= 4 is 5.91 Å². The third-order valence-electron chi connectivity index (χ3n) is 3.49. The van der Waals surface area contributed by atoms with Gasteiger partial charge >= 0.3 is 0 Å². The van der Waals surface area contributed by atoms with E-state index in [2.05, 4.69) is 38.3 Å². The molecule has 1 saturated carbocycles. The molecule has 1 aliphatic rings.